The number of nitrogens with one attached hydrogen (secondary N) is 1. The first-order valence-corrected chi connectivity index (χ1v) is 26.1. The summed E-state index contributed by atoms with van der Waals surface area (Å²) >= 11 is -0.691. The zero-order valence-electron chi connectivity index (χ0n) is 28.9. The molecule has 2 saturated carbocycles. The Morgan fingerprint density at radius 2 is 0.898 bits per heavy atom. The van der Waals surface area contributed by atoms with E-state index in [4.69, 9.17) is 44.5 Å². The van der Waals surface area contributed by atoms with Crippen molar-refractivity contribution in [2.24, 2.45) is 5.73 Å². The van der Waals surface area contributed by atoms with Crippen molar-refractivity contribution in [3.8, 4) is 0 Å². The van der Waals surface area contributed by atoms with Crippen LogP contribution in [0.1, 0.15) is 84.0 Å². The van der Waals surface area contributed by atoms with Gasteiger partial charge >= 0.3 is 69.1 Å². The number of hydrogen-bond donors (Lipinski definition) is 2. The molecule has 2 aromatic carbocycles. The molecule has 1 aliphatic heterocycles. The first kappa shape index (κ1) is 47.7. The van der Waals surface area contributed by atoms with E-state index in [0.717, 1.165) is 30.4 Å². The average molecular weight is 944 g/mol. The number of rotatable bonds is 6. The van der Waals surface area contributed by atoms with E-state index in [2.05, 4.69) is 84.8 Å². The van der Waals surface area contributed by atoms with Crippen LogP contribution in [0.3, 0.4) is 0 Å². The Morgan fingerprint density at radius 3 is 1.22 bits per heavy atom. The fraction of sp³-hybridized carbons (Fsp3) is 0.351. The van der Waals surface area contributed by atoms with Crippen LogP contribution >= 0.6 is 38.8 Å². The van der Waals surface area contributed by atoms with Crippen molar-refractivity contribution in [2.45, 2.75) is 72.9 Å². The second kappa shape index (κ2) is 27.3. The monoisotopic (exact) mass is 943 g/mol. The fourth-order valence-electron chi connectivity index (χ4n) is 5.62. The number of hydrogen-bond acceptors (Lipinski definition) is 3. The van der Waals surface area contributed by atoms with Gasteiger partial charge in [0.2, 0.25) is 0 Å². The average Bonchev–Trinajstić information content (AvgIpc) is 3.05. The zero-order chi connectivity index (χ0) is 36.8. The predicted octanol–water partition coefficient (Wildman–Crippen LogP) is 10.3. The fourth-order valence-corrected chi connectivity index (χ4v) is 7.11. The molecule has 0 aromatic heterocycles. The van der Waals surface area contributed by atoms with E-state index in [9.17, 15) is 8.42 Å². The quantitative estimate of drug-likeness (QED) is 0.284. The second-order valence-electron chi connectivity index (χ2n) is 11.8. The second-order valence-corrected chi connectivity index (χ2v) is 18.8. The van der Waals surface area contributed by atoms with Crippen molar-refractivity contribution in [1.29, 1.82) is 0 Å². The van der Waals surface area contributed by atoms with Gasteiger partial charge in [-0.1, -0.05) is 109 Å². The Hall–Kier alpha value is 0.677. The molecule has 274 valence electrons. The molecule has 12 heteroatoms. The number of nitrogens with zero attached hydrogens (tertiary/aromatic N) is 1. The molecular formula is C37H49Cl4N3O2Ru2S. The van der Waals surface area contributed by atoms with E-state index in [1.165, 1.54) is 39.8 Å². The summed E-state index contributed by atoms with van der Waals surface area (Å²) in [6, 6.07) is 18.1. The summed E-state index contributed by atoms with van der Waals surface area (Å²) in [5.41, 5.74) is 8.22. The van der Waals surface area contributed by atoms with Crippen LogP contribution in [0.4, 0.5) is 0 Å². The van der Waals surface area contributed by atoms with Crippen molar-refractivity contribution in [2.75, 3.05) is 13.1 Å². The molecule has 0 bridgehead atoms. The third-order valence-corrected chi connectivity index (χ3v) is 8.96. The third kappa shape index (κ3) is 20.6. The van der Waals surface area contributed by atoms with Gasteiger partial charge in [-0.05, 0) is 98.0 Å². The van der Waals surface area contributed by atoms with Gasteiger partial charge in [-0.15, -0.1) is 0 Å². The van der Waals surface area contributed by atoms with Gasteiger partial charge in [-0.2, -0.15) is 17.4 Å². The molecular weight excluding hydrogens is 894 g/mol. The topological polar surface area (TPSA) is 75.4 Å². The van der Waals surface area contributed by atoms with Crippen LogP contribution in [0.5, 0.6) is 0 Å². The summed E-state index contributed by atoms with van der Waals surface area (Å²) in [6.07, 6.45) is 16.0. The minimum absolute atomic E-state index is 0.346. The molecule has 0 spiro atoms. The van der Waals surface area contributed by atoms with Crippen molar-refractivity contribution in [1.82, 2.24) is 9.03 Å². The van der Waals surface area contributed by atoms with E-state index < -0.39 is 22.3 Å². The van der Waals surface area contributed by atoms with E-state index in [1.807, 2.05) is 60.7 Å². The van der Waals surface area contributed by atoms with E-state index in [-0.39, 0.29) is 30.3 Å². The van der Waals surface area contributed by atoms with Crippen LogP contribution in [0.2, 0.25) is 0 Å². The number of halogens is 4. The maximum absolute atomic E-state index is 12.9. The molecule has 1 saturated heterocycles. The van der Waals surface area contributed by atoms with Crippen molar-refractivity contribution in [3.05, 3.63) is 146 Å². The summed E-state index contributed by atoms with van der Waals surface area (Å²) < 4.78 is 30.1. The minimum atomic E-state index is -3.58. The summed E-state index contributed by atoms with van der Waals surface area (Å²) in [7, 11) is 15.8. The van der Waals surface area contributed by atoms with Gasteiger partial charge in [0.05, 0.1) is 12.1 Å². The normalized spacial score (nSPS) is 20.3. The molecule has 0 unspecified atom stereocenters. The van der Waals surface area contributed by atoms with Crippen LogP contribution in [-0.4, -0.2) is 25.8 Å². The Balaban J connectivity index is 0.000000407. The molecule has 12 radical (unpaired) electrons. The van der Waals surface area contributed by atoms with Gasteiger partial charge in [0.25, 0.3) is 10.2 Å². The molecule has 2 aromatic rings. The predicted molar refractivity (Wildman–Crippen MR) is 203 cm³/mol. The van der Waals surface area contributed by atoms with Gasteiger partial charge in [-0.3, -0.25) is 0 Å². The zero-order valence-corrected chi connectivity index (χ0v) is 36.2. The van der Waals surface area contributed by atoms with Crippen LogP contribution in [0.15, 0.2) is 60.7 Å². The van der Waals surface area contributed by atoms with Crippen LogP contribution in [0, 0.1) is 74.0 Å². The standard InChI is InChI=1S/C19H25N3O2S.2C9H12.4ClH.2Ru/c20-18(16-10-4-1-5-11-16)19(17-12-6-2-7-13-17)21-25(23,24)22-14-8-3-9-15-22;2*1-7-4-8(2)6-9(3)5-7;;;;;;/h1-2,4-7,10-13,18-19,21H,3,8-9,14-15,20H2;2*4-6H,1-3H3;4*1H;;/q;;;;;;;2*+2/p-4/t18-,19-;;;;;;;;/m0......../s1. The van der Waals surface area contributed by atoms with Crippen molar-refractivity contribution in [3.63, 3.8) is 0 Å². The molecule has 3 aliphatic rings. The molecule has 3 fully saturated rings. The molecule has 3 N–H and O–H groups in total. The summed E-state index contributed by atoms with van der Waals surface area (Å²) in [4.78, 5) is 0. The van der Waals surface area contributed by atoms with Gasteiger partial charge in [0.15, 0.2) is 0 Å². The molecule has 0 amide bonds. The Labute approximate surface area is 331 Å². The first-order chi connectivity index (χ1) is 23.3. The van der Waals surface area contributed by atoms with Crippen LogP contribution in [-0.2, 0) is 40.5 Å². The number of nitrogens with two attached hydrogens (primary N) is 1. The van der Waals surface area contributed by atoms with E-state index in [0.29, 0.717) is 13.1 Å². The molecule has 2 aliphatic carbocycles. The Kier molecular flexibility index (Phi) is 26.6. The number of benzene rings is 2. The van der Waals surface area contributed by atoms with E-state index in [1.54, 1.807) is 0 Å². The molecule has 5 rings (SSSR count). The summed E-state index contributed by atoms with van der Waals surface area (Å²) in [5, 5.41) is 0. The van der Waals surface area contributed by atoms with Gasteiger partial charge < -0.3 is 5.73 Å². The van der Waals surface area contributed by atoms with Crippen molar-refractivity contribution >= 4 is 49.0 Å². The summed E-state index contributed by atoms with van der Waals surface area (Å²) in [6.45, 7) is 13.9. The molecule has 1 heterocycles. The Morgan fingerprint density at radius 1 is 0.592 bits per heavy atom. The third-order valence-electron chi connectivity index (χ3n) is 7.37. The van der Waals surface area contributed by atoms with Gasteiger partial charge in [-0.25, -0.2) is 0 Å². The number of piperidine rings is 1. The van der Waals surface area contributed by atoms with Crippen LogP contribution < -0.4 is 10.5 Å². The van der Waals surface area contributed by atoms with Crippen LogP contribution in [0.25, 0.3) is 0 Å². The molecule has 2 atom stereocenters. The van der Waals surface area contributed by atoms with Crippen molar-refractivity contribution < 1.29 is 38.7 Å². The van der Waals surface area contributed by atoms with E-state index >= 15 is 0 Å². The van der Waals surface area contributed by atoms with Gasteiger partial charge in [0, 0.05) is 13.1 Å². The molecule has 5 nitrogen and oxygen atoms in total. The Bertz CT molecular complexity index is 1120. The summed E-state index contributed by atoms with van der Waals surface area (Å²) in [5.74, 6) is 8.13. The maximum atomic E-state index is 12.9. The SMILES string of the molecule is C[C]1[CH][C](C)[CH][C](C)[CH]1.C[C]1[CH][C](C)[CH][C](C)[CH]1.N[C@@H](c1ccccc1)[C@@H](NS(=O)(=O)N1CCCCC1)c1ccccc1.[Cl][Ru][Cl].[Cl][Ru][Cl]. The first-order valence-electron chi connectivity index (χ1n) is 15.7. The van der Waals surface area contributed by atoms with Gasteiger partial charge in [0.1, 0.15) is 0 Å². The molecule has 49 heavy (non-hydrogen) atoms.